The molecule has 2 heterocycles. The number of benzene rings is 1. The summed E-state index contributed by atoms with van der Waals surface area (Å²) in [5.41, 5.74) is -0.592. The Balaban J connectivity index is 1.55. The SMILES string of the molecule is CC(C)(C)OC(=O)N1CC2(C1)CN(c1cccc(C(F)(F)F)c1)C2. The summed E-state index contributed by atoms with van der Waals surface area (Å²) in [6, 6.07) is 5.37. The van der Waals surface area contributed by atoms with E-state index in [1.165, 1.54) is 12.1 Å². The topological polar surface area (TPSA) is 32.8 Å². The molecule has 0 aliphatic carbocycles. The van der Waals surface area contributed by atoms with Crippen LogP contribution in [0.2, 0.25) is 0 Å². The van der Waals surface area contributed by atoms with Gasteiger partial charge < -0.3 is 14.5 Å². The van der Waals surface area contributed by atoms with Gasteiger partial charge in [0.25, 0.3) is 0 Å². The molecular formula is C17H21F3N2O2. The molecule has 0 unspecified atom stereocenters. The number of hydrogen-bond acceptors (Lipinski definition) is 3. The Morgan fingerprint density at radius 1 is 1.12 bits per heavy atom. The first-order chi connectivity index (χ1) is 11.0. The molecule has 132 valence electrons. The number of carbonyl (C=O) groups is 1. The van der Waals surface area contributed by atoms with Crippen molar-refractivity contribution in [3.8, 4) is 0 Å². The smallest absolute Gasteiger partial charge is 0.416 e. The largest absolute Gasteiger partial charge is 0.444 e. The van der Waals surface area contributed by atoms with E-state index in [1.807, 2.05) is 25.7 Å². The van der Waals surface area contributed by atoms with Crippen LogP contribution >= 0.6 is 0 Å². The third-order valence-corrected chi connectivity index (χ3v) is 4.30. The van der Waals surface area contributed by atoms with E-state index in [0.717, 1.165) is 6.07 Å². The zero-order valence-corrected chi connectivity index (χ0v) is 14.0. The van der Waals surface area contributed by atoms with Crippen molar-refractivity contribution in [2.75, 3.05) is 31.1 Å². The molecule has 7 heteroatoms. The lowest BCUT2D eigenvalue weighted by atomic mass is 9.73. The molecule has 1 aromatic carbocycles. The third-order valence-electron chi connectivity index (χ3n) is 4.30. The van der Waals surface area contributed by atoms with E-state index in [0.29, 0.717) is 31.9 Å². The number of anilines is 1. The summed E-state index contributed by atoms with van der Waals surface area (Å²) >= 11 is 0. The van der Waals surface area contributed by atoms with Crippen molar-refractivity contribution in [2.45, 2.75) is 32.5 Å². The molecule has 2 aliphatic heterocycles. The number of alkyl halides is 3. The number of rotatable bonds is 1. The molecule has 2 aliphatic rings. The van der Waals surface area contributed by atoms with Crippen LogP contribution in [0.15, 0.2) is 24.3 Å². The molecule has 0 radical (unpaired) electrons. The average Bonchev–Trinajstić information content (AvgIpc) is 2.32. The molecule has 1 aromatic rings. The first-order valence-corrected chi connectivity index (χ1v) is 7.88. The van der Waals surface area contributed by atoms with Crippen LogP contribution in [-0.2, 0) is 10.9 Å². The highest BCUT2D eigenvalue weighted by Crippen LogP contribution is 2.43. The number of nitrogens with zero attached hydrogens (tertiary/aromatic N) is 2. The average molecular weight is 342 g/mol. The third kappa shape index (κ3) is 3.30. The van der Waals surface area contributed by atoms with Crippen LogP contribution in [0, 0.1) is 5.41 Å². The molecule has 3 rings (SSSR count). The van der Waals surface area contributed by atoms with Crippen LogP contribution in [0.25, 0.3) is 0 Å². The monoisotopic (exact) mass is 342 g/mol. The molecule has 0 saturated carbocycles. The van der Waals surface area contributed by atoms with E-state index in [4.69, 9.17) is 4.74 Å². The Kier molecular flexibility index (Phi) is 3.73. The Hall–Kier alpha value is -1.92. The first-order valence-electron chi connectivity index (χ1n) is 7.88. The van der Waals surface area contributed by atoms with Gasteiger partial charge in [0, 0.05) is 37.3 Å². The fourth-order valence-electron chi connectivity index (χ4n) is 3.24. The maximum Gasteiger partial charge on any atom is 0.416 e. The summed E-state index contributed by atoms with van der Waals surface area (Å²) in [5.74, 6) is 0. The van der Waals surface area contributed by atoms with Crippen molar-refractivity contribution in [2.24, 2.45) is 5.41 Å². The predicted molar refractivity (Wildman–Crippen MR) is 83.9 cm³/mol. The number of ether oxygens (including phenoxy) is 1. The zero-order valence-electron chi connectivity index (χ0n) is 14.0. The molecule has 2 saturated heterocycles. The van der Waals surface area contributed by atoms with Gasteiger partial charge in [-0.15, -0.1) is 0 Å². The minimum Gasteiger partial charge on any atom is -0.444 e. The van der Waals surface area contributed by atoms with Crippen LogP contribution in [0.3, 0.4) is 0 Å². The fraction of sp³-hybridized carbons (Fsp3) is 0.588. The number of carbonyl (C=O) groups excluding carboxylic acids is 1. The summed E-state index contributed by atoms with van der Waals surface area (Å²) in [6.07, 6.45) is -4.66. The Morgan fingerprint density at radius 2 is 1.75 bits per heavy atom. The molecule has 0 aromatic heterocycles. The van der Waals surface area contributed by atoms with Gasteiger partial charge in [0.2, 0.25) is 0 Å². The lowest BCUT2D eigenvalue weighted by Gasteiger charge is -2.60. The normalized spacial score (nSPS) is 19.8. The van der Waals surface area contributed by atoms with E-state index in [1.54, 1.807) is 11.0 Å². The number of amides is 1. The number of halogens is 3. The van der Waals surface area contributed by atoms with Gasteiger partial charge in [0.05, 0.1) is 5.56 Å². The van der Waals surface area contributed by atoms with E-state index in [2.05, 4.69) is 0 Å². The molecule has 0 atom stereocenters. The highest BCUT2D eigenvalue weighted by molar-refractivity contribution is 5.70. The van der Waals surface area contributed by atoms with Crippen molar-refractivity contribution in [1.29, 1.82) is 0 Å². The molecule has 2 fully saturated rings. The molecular weight excluding hydrogens is 321 g/mol. The van der Waals surface area contributed by atoms with Crippen molar-refractivity contribution in [1.82, 2.24) is 4.90 Å². The van der Waals surface area contributed by atoms with Gasteiger partial charge in [-0.25, -0.2) is 4.79 Å². The molecule has 4 nitrogen and oxygen atoms in total. The van der Waals surface area contributed by atoms with Gasteiger partial charge in [0.15, 0.2) is 0 Å². The molecule has 24 heavy (non-hydrogen) atoms. The van der Waals surface area contributed by atoms with E-state index < -0.39 is 17.3 Å². The van der Waals surface area contributed by atoms with Crippen LogP contribution < -0.4 is 4.90 Å². The van der Waals surface area contributed by atoms with E-state index in [-0.39, 0.29) is 11.5 Å². The summed E-state index contributed by atoms with van der Waals surface area (Å²) in [4.78, 5) is 15.5. The predicted octanol–water partition coefficient (Wildman–Crippen LogP) is 3.76. The van der Waals surface area contributed by atoms with E-state index >= 15 is 0 Å². The minimum atomic E-state index is -4.33. The summed E-state index contributed by atoms with van der Waals surface area (Å²) in [7, 11) is 0. The van der Waals surface area contributed by atoms with Crippen molar-refractivity contribution in [3.05, 3.63) is 29.8 Å². The van der Waals surface area contributed by atoms with Crippen LogP contribution in [0.4, 0.5) is 23.7 Å². The van der Waals surface area contributed by atoms with Gasteiger partial charge in [-0.05, 0) is 39.0 Å². The summed E-state index contributed by atoms with van der Waals surface area (Å²) in [6.45, 7) is 7.97. The molecule has 0 N–H and O–H groups in total. The molecule has 1 spiro atoms. The Morgan fingerprint density at radius 3 is 2.29 bits per heavy atom. The van der Waals surface area contributed by atoms with Crippen molar-refractivity contribution >= 4 is 11.8 Å². The van der Waals surface area contributed by atoms with Crippen molar-refractivity contribution < 1.29 is 22.7 Å². The van der Waals surface area contributed by atoms with Crippen LogP contribution in [0.5, 0.6) is 0 Å². The highest BCUT2D eigenvalue weighted by atomic mass is 19.4. The first kappa shape index (κ1) is 16.9. The lowest BCUT2D eigenvalue weighted by Crippen LogP contribution is -2.73. The summed E-state index contributed by atoms with van der Waals surface area (Å²) < 4.78 is 43.7. The number of likely N-dealkylation sites (tertiary alicyclic amines) is 1. The molecule has 1 amide bonds. The second kappa shape index (κ2) is 5.29. The minimum absolute atomic E-state index is 0.00879. The Bertz CT molecular complexity index is 638. The fourth-order valence-corrected chi connectivity index (χ4v) is 3.24. The quantitative estimate of drug-likeness (QED) is 0.779. The summed E-state index contributed by atoms with van der Waals surface area (Å²) in [5, 5.41) is 0. The lowest BCUT2D eigenvalue weighted by molar-refractivity contribution is -0.137. The van der Waals surface area contributed by atoms with Gasteiger partial charge in [-0.2, -0.15) is 13.2 Å². The van der Waals surface area contributed by atoms with E-state index in [9.17, 15) is 18.0 Å². The number of hydrogen-bond donors (Lipinski definition) is 0. The van der Waals surface area contributed by atoms with Crippen molar-refractivity contribution in [3.63, 3.8) is 0 Å². The van der Waals surface area contributed by atoms with Gasteiger partial charge in [-0.3, -0.25) is 0 Å². The molecule has 0 bridgehead atoms. The van der Waals surface area contributed by atoms with Crippen LogP contribution in [0.1, 0.15) is 26.3 Å². The highest BCUT2D eigenvalue weighted by Gasteiger charge is 2.54. The maximum absolute atomic E-state index is 12.8. The van der Waals surface area contributed by atoms with Gasteiger partial charge >= 0.3 is 12.3 Å². The van der Waals surface area contributed by atoms with Crippen LogP contribution in [-0.4, -0.2) is 42.8 Å². The zero-order chi connectivity index (χ0) is 17.8. The standard InChI is InChI=1S/C17H21F3N2O2/c1-15(2,3)24-14(23)22-10-16(11-22)8-21(9-16)13-6-4-5-12(7-13)17(18,19)20/h4-7H,8-11H2,1-3H3. The Labute approximate surface area is 139 Å². The maximum atomic E-state index is 12.8. The van der Waals surface area contributed by atoms with Gasteiger partial charge in [-0.1, -0.05) is 6.07 Å². The van der Waals surface area contributed by atoms with Gasteiger partial charge in [0.1, 0.15) is 5.60 Å². The second-order valence-corrected chi connectivity index (χ2v) is 7.74. The second-order valence-electron chi connectivity index (χ2n) is 7.74.